The van der Waals surface area contributed by atoms with E-state index < -0.39 is 5.79 Å². The molecule has 0 aliphatic carbocycles. The molecule has 2 unspecified atom stereocenters. The van der Waals surface area contributed by atoms with E-state index in [-0.39, 0.29) is 12.9 Å². The van der Waals surface area contributed by atoms with Gasteiger partial charge in [0.2, 0.25) is 5.79 Å². The molecule has 2 aromatic carbocycles. The summed E-state index contributed by atoms with van der Waals surface area (Å²) in [7, 11) is 1.58. The van der Waals surface area contributed by atoms with Gasteiger partial charge in [0.25, 0.3) is 0 Å². The molecule has 0 saturated carbocycles. The van der Waals surface area contributed by atoms with Gasteiger partial charge in [-0.3, -0.25) is 5.48 Å². The van der Waals surface area contributed by atoms with Crippen molar-refractivity contribution in [3.8, 4) is 5.75 Å². The molecule has 132 valence electrons. The second kappa shape index (κ2) is 8.16. The van der Waals surface area contributed by atoms with Gasteiger partial charge in [-0.05, 0) is 30.7 Å². The van der Waals surface area contributed by atoms with Gasteiger partial charge in [0, 0.05) is 25.3 Å². The fourth-order valence-electron chi connectivity index (χ4n) is 2.74. The lowest BCUT2D eigenvalue weighted by Crippen LogP contribution is -2.31. The van der Waals surface area contributed by atoms with Crippen LogP contribution < -0.4 is 10.2 Å². The molecule has 3 rings (SSSR count). The third-order valence-corrected chi connectivity index (χ3v) is 3.93. The maximum atomic E-state index is 5.93. The Bertz CT molecular complexity index is 687. The van der Waals surface area contributed by atoms with Crippen LogP contribution in [-0.4, -0.2) is 20.0 Å². The molecule has 0 fully saturated rings. The summed E-state index contributed by atoms with van der Waals surface area (Å²) < 4.78 is 16.6. The van der Waals surface area contributed by atoms with Crippen molar-refractivity contribution in [1.29, 1.82) is 0 Å². The number of benzene rings is 2. The molecule has 5 nitrogen and oxygen atoms in total. The first-order chi connectivity index (χ1) is 12.2. The second-order valence-corrected chi connectivity index (χ2v) is 5.91. The Morgan fingerprint density at radius 3 is 2.48 bits per heavy atom. The van der Waals surface area contributed by atoms with E-state index in [0.29, 0.717) is 0 Å². The number of nitrogens with one attached hydrogen (secondary N) is 1. The molecule has 0 aromatic heterocycles. The molecule has 2 atom stereocenters. The van der Waals surface area contributed by atoms with Crippen LogP contribution in [0.5, 0.6) is 5.75 Å². The summed E-state index contributed by atoms with van der Waals surface area (Å²) >= 11 is 0. The second-order valence-electron chi connectivity index (χ2n) is 5.91. The minimum atomic E-state index is -0.958. The molecule has 5 heteroatoms. The highest BCUT2D eigenvalue weighted by atomic mass is 16.8. The third kappa shape index (κ3) is 4.39. The standard InChI is InChI=1S/C20H23NO4/c1-16(24-19-6-4-3-5-7-19)14-17-8-10-18(11-9-17)20(23-15-22-2)12-13-21-25-20/h3-13,16,21H,14-15H2,1-2H3. The van der Waals surface area contributed by atoms with Gasteiger partial charge in [-0.15, -0.1) is 0 Å². The van der Waals surface area contributed by atoms with Gasteiger partial charge in [-0.25, -0.2) is 4.84 Å². The lowest BCUT2D eigenvalue weighted by Gasteiger charge is -2.26. The molecular formula is C20H23NO4. The summed E-state index contributed by atoms with van der Waals surface area (Å²) in [5.41, 5.74) is 4.79. The smallest absolute Gasteiger partial charge is 0.243 e. The normalized spacial score (nSPS) is 20.2. The highest BCUT2D eigenvalue weighted by Crippen LogP contribution is 2.31. The van der Waals surface area contributed by atoms with Crippen LogP contribution in [0.15, 0.2) is 66.9 Å². The molecule has 1 aliphatic rings. The molecule has 0 saturated heterocycles. The number of ether oxygens (including phenoxy) is 3. The van der Waals surface area contributed by atoms with E-state index in [0.717, 1.165) is 17.7 Å². The Morgan fingerprint density at radius 2 is 1.84 bits per heavy atom. The minimum Gasteiger partial charge on any atom is -0.490 e. The van der Waals surface area contributed by atoms with Crippen LogP contribution in [0.25, 0.3) is 0 Å². The van der Waals surface area contributed by atoms with E-state index in [1.165, 1.54) is 5.56 Å². The molecule has 2 aromatic rings. The molecule has 1 aliphatic heterocycles. The fraction of sp³-hybridized carbons (Fsp3) is 0.300. The maximum absolute atomic E-state index is 5.93. The van der Waals surface area contributed by atoms with Gasteiger partial charge < -0.3 is 14.2 Å². The zero-order valence-corrected chi connectivity index (χ0v) is 14.5. The first-order valence-corrected chi connectivity index (χ1v) is 8.27. The van der Waals surface area contributed by atoms with E-state index >= 15 is 0 Å². The summed E-state index contributed by atoms with van der Waals surface area (Å²) in [4.78, 5) is 5.54. The first-order valence-electron chi connectivity index (χ1n) is 8.27. The number of hydrogen-bond donors (Lipinski definition) is 1. The number of methoxy groups -OCH3 is 1. The molecule has 0 amide bonds. The van der Waals surface area contributed by atoms with Crippen LogP contribution in [-0.2, 0) is 26.5 Å². The largest absolute Gasteiger partial charge is 0.490 e. The topological polar surface area (TPSA) is 49.0 Å². The average molecular weight is 341 g/mol. The monoisotopic (exact) mass is 341 g/mol. The lowest BCUT2D eigenvalue weighted by atomic mass is 10.0. The van der Waals surface area contributed by atoms with Crippen molar-refractivity contribution >= 4 is 0 Å². The molecular weight excluding hydrogens is 318 g/mol. The van der Waals surface area contributed by atoms with Crippen LogP contribution >= 0.6 is 0 Å². The van der Waals surface area contributed by atoms with Crippen LogP contribution in [0, 0.1) is 0 Å². The summed E-state index contributed by atoms with van der Waals surface area (Å²) in [6.45, 7) is 2.20. The van der Waals surface area contributed by atoms with Gasteiger partial charge in [0.05, 0.1) is 6.10 Å². The van der Waals surface area contributed by atoms with Gasteiger partial charge in [-0.1, -0.05) is 42.5 Å². The van der Waals surface area contributed by atoms with Crippen molar-refractivity contribution in [2.75, 3.05) is 13.9 Å². The predicted octanol–water partition coefficient (Wildman–Crippen LogP) is 3.52. The van der Waals surface area contributed by atoms with E-state index in [1.54, 1.807) is 13.3 Å². The quantitative estimate of drug-likeness (QED) is 0.745. The number of hydroxylamine groups is 1. The lowest BCUT2D eigenvalue weighted by molar-refractivity contribution is -0.257. The van der Waals surface area contributed by atoms with E-state index in [4.69, 9.17) is 19.0 Å². The first kappa shape index (κ1) is 17.5. The highest BCUT2D eigenvalue weighted by molar-refractivity contribution is 5.30. The highest BCUT2D eigenvalue weighted by Gasteiger charge is 2.35. The van der Waals surface area contributed by atoms with Crippen molar-refractivity contribution < 1.29 is 19.0 Å². The van der Waals surface area contributed by atoms with Crippen LogP contribution in [0.1, 0.15) is 18.1 Å². The predicted molar refractivity (Wildman–Crippen MR) is 94.7 cm³/mol. The molecule has 25 heavy (non-hydrogen) atoms. The molecule has 0 radical (unpaired) electrons. The minimum absolute atomic E-state index is 0.0799. The van der Waals surface area contributed by atoms with E-state index in [9.17, 15) is 0 Å². The number of hydrogen-bond acceptors (Lipinski definition) is 5. The molecule has 1 N–H and O–H groups in total. The van der Waals surface area contributed by atoms with E-state index in [2.05, 4.69) is 24.5 Å². The van der Waals surface area contributed by atoms with E-state index in [1.807, 2.05) is 48.5 Å². The number of rotatable bonds is 8. The van der Waals surface area contributed by atoms with Crippen LogP contribution in [0.3, 0.4) is 0 Å². The summed E-state index contributed by atoms with van der Waals surface area (Å²) in [6, 6.07) is 18.0. The summed E-state index contributed by atoms with van der Waals surface area (Å²) in [5.74, 6) is -0.0742. The molecule has 0 bridgehead atoms. The zero-order valence-electron chi connectivity index (χ0n) is 14.5. The fourth-order valence-corrected chi connectivity index (χ4v) is 2.74. The van der Waals surface area contributed by atoms with Gasteiger partial charge in [-0.2, -0.15) is 0 Å². The Morgan fingerprint density at radius 1 is 1.08 bits per heavy atom. The van der Waals surface area contributed by atoms with Gasteiger partial charge >= 0.3 is 0 Å². The van der Waals surface area contributed by atoms with Crippen molar-refractivity contribution in [3.63, 3.8) is 0 Å². The van der Waals surface area contributed by atoms with Crippen LogP contribution in [0.2, 0.25) is 0 Å². The number of para-hydroxylation sites is 1. The zero-order chi connectivity index (χ0) is 17.5. The van der Waals surface area contributed by atoms with Crippen molar-refractivity contribution in [2.24, 2.45) is 0 Å². The van der Waals surface area contributed by atoms with Gasteiger partial charge in [0.1, 0.15) is 5.75 Å². The van der Waals surface area contributed by atoms with Crippen molar-refractivity contribution in [3.05, 3.63) is 78.0 Å². The van der Waals surface area contributed by atoms with Crippen LogP contribution in [0.4, 0.5) is 0 Å². The maximum Gasteiger partial charge on any atom is 0.243 e. The van der Waals surface area contributed by atoms with Crippen molar-refractivity contribution in [2.45, 2.75) is 25.2 Å². The Labute approximate surface area is 148 Å². The Balaban J connectivity index is 1.64. The SMILES string of the molecule is COCOC1(c2ccc(CC(C)Oc3ccccc3)cc2)C=CNO1. The van der Waals surface area contributed by atoms with Crippen molar-refractivity contribution in [1.82, 2.24) is 5.48 Å². The average Bonchev–Trinajstić information content (AvgIpc) is 3.11. The summed E-state index contributed by atoms with van der Waals surface area (Å²) in [6.07, 6.45) is 4.42. The Kier molecular flexibility index (Phi) is 5.71. The summed E-state index contributed by atoms with van der Waals surface area (Å²) in [5, 5.41) is 0. The van der Waals surface area contributed by atoms with Gasteiger partial charge in [0.15, 0.2) is 6.79 Å². The third-order valence-electron chi connectivity index (χ3n) is 3.93. The Hall–Kier alpha value is -2.34. The molecule has 1 heterocycles. The molecule has 0 spiro atoms.